The van der Waals surface area contributed by atoms with Crippen LogP contribution in [-0.2, 0) is 11.3 Å². The average Bonchev–Trinajstić information content (AvgIpc) is 2.96. The highest BCUT2D eigenvalue weighted by Crippen LogP contribution is 2.42. The summed E-state index contributed by atoms with van der Waals surface area (Å²) in [6.07, 6.45) is 3.96. The van der Waals surface area contributed by atoms with Crippen molar-refractivity contribution in [3.63, 3.8) is 0 Å². The lowest BCUT2D eigenvalue weighted by Crippen LogP contribution is -2.42. The van der Waals surface area contributed by atoms with Crippen molar-refractivity contribution >= 4 is 51.8 Å². The van der Waals surface area contributed by atoms with Crippen molar-refractivity contribution < 1.29 is 9.59 Å². The number of carbonyl (C=O) groups is 2. The lowest BCUT2D eigenvalue weighted by molar-refractivity contribution is -0.123. The van der Waals surface area contributed by atoms with Crippen molar-refractivity contribution in [3.05, 3.63) is 74.7 Å². The molecule has 2 aliphatic rings. The summed E-state index contributed by atoms with van der Waals surface area (Å²) >= 11 is 7.56. The molecule has 0 aromatic heterocycles. The summed E-state index contributed by atoms with van der Waals surface area (Å²) in [7, 11) is 2.05. The Morgan fingerprint density at radius 3 is 2.45 bits per heavy atom. The Kier molecular flexibility index (Phi) is 5.52. The lowest BCUT2D eigenvalue weighted by atomic mass is 9.88. The summed E-state index contributed by atoms with van der Waals surface area (Å²) in [5, 5.41) is 0.296. The first-order chi connectivity index (χ1) is 14.6. The van der Waals surface area contributed by atoms with E-state index in [9.17, 15) is 9.59 Å². The van der Waals surface area contributed by atoms with Gasteiger partial charge in [0.1, 0.15) is 0 Å². The van der Waals surface area contributed by atoms with E-state index in [1.165, 1.54) is 4.90 Å². The monoisotopic (exact) mass is 452 g/mol. The standard InChI is InChI=1S/C25H25ClN2O2S/c1-15-6-8-17(9-7-15)14-28-23(29)22(31-24(28)30)11-18-10-19-16(2)13-25(3,4)27(5)21(19)12-20(18)26/h6-13H,14H2,1-5H3/b22-11-. The molecule has 0 atom stereocenters. The van der Waals surface area contributed by atoms with Gasteiger partial charge in [0.05, 0.1) is 17.0 Å². The molecule has 1 fully saturated rings. The molecular weight excluding hydrogens is 428 g/mol. The van der Waals surface area contributed by atoms with Gasteiger partial charge < -0.3 is 4.90 Å². The van der Waals surface area contributed by atoms with E-state index >= 15 is 0 Å². The zero-order valence-corrected chi connectivity index (χ0v) is 19.9. The molecule has 6 heteroatoms. The molecule has 0 spiro atoms. The number of thioether (sulfide) groups is 1. The van der Waals surface area contributed by atoms with Gasteiger partial charge in [0.2, 0.25) is 0 Å². The first kappa shape index (κ1) is 21.7. The Labute approximate surface area is 192 Å². The summed E-state index contributed by atoms with van der Waals surface area (Å²) in [6, 6.07) is 11.8. The Hall–Kier alpha value is -2.50. The minimum Gasteiger partial charge on any atom is -0.365 e. The Morgan fingerprint density at radius 1 is 1.10 bits per heavy atom. The van der Waals surface area contributed by atoms with Gasteiger partial charge in [-0.2, -0.15) is 0 Å². The molecule has 31 heavy (non-hydrogen) atoms. The minimum atomic E-state index is -0.283. The zero-order valence-electron chi connectivity index (χ0n) is 18.3. The van der Waals surface area contributed by atoms with Crippen LogP contribution >= 0.6 is 23.4 Å². The molecule has 0 unspecified atom stereocenters. The molecule has 2 aromatic carbocycles. The zero-order chi connectivity index (χ0) is 22.5. The molecule has 2 aliphatic heterocycles. The Morgan fingerprint density at radius 2 is 1.77 bits per heavy atom. The van der Waals surface area contributed by atoms with Crippen LogP contribution in [0, 0.1) is 6.92 Å². The first-order valence-electron chi connectivity index (χ1n) is 10.1. The highest BCUT2D eigenvalue weighted by atomic mass is 35.5. The highest BCUT2D eigenvalue weighted by molar-refractivity contribution is 8.18. The quantitative estimate of drug-likeness (QED) is 0.497. The third-order valence-electron chi connectivity index (χ3n) is 5.96. The number of carbonyl (C=O) groups excluding carboxylic acids is 2. The van der Waals surface area contributed by atoms with Gasteiger partial charge in [-0.15, -0.1) is 0 Å². The largest absolute Gasteiger partial charge is 0.365 e. The lowest BCUT2D eigenvalue weighted by Gasteiger charge is -2.40. The summed E-state index contributed by atoms with van der Waals surface area (Å²) in [5.41, 5.74) is 5.99. The van der Waals surface area contributed by atoms with Crippen LogP contribution in [-0.4, -0.2) is 28.6 Å². The molecule has 0 N–H and O–H groups in total. The number of aryl methyl sites for hydroxylation is 1. The number of allylic oxidation sites excluding steroid dienone is 1. The second-order valence-corrected chi connectivity index (χ2v) is 10.1. The number of imide groups is 1. The summed E-state index contributed by atoms with van der Waals surface area (Å²) < 4.78 is 0. The Balaban J connectivity index is 1.65. The number of hydrogen-bond donors (Lipinski definition) is 0. The number of fused-ring (bicyclic) bond motifs is 1. The van der Waals surface area contributed by atoms with Crippen molar-refractivity contribution in [2.24, 2.45) is 0 Å². The van der Waals surface area contributed by atoms with Crippen LogP contribution in [0.25, 0.3) is 11.6 Å². The molecule has 0 aliphatic carbocycles. The van der Waals surface area contributed by atoms with Crippen LogP contribution in [0.4, 0.5) is 10.5 Å². The molecule has 1 saturated heterocycles. The predicted octanol–water partition coefficient (Wildman–Crippen LogP) is 6.52. The number of anilines is 1. The predicted molar refractivity (Wildman–Crippen MR) is 130 cm³/mol. The smallest absolute Gasteiger partial charge is 0.293 e. The van der Waals surface area contributed by atoms with Crippen LogP contribution in [0.1, 0.15) is 43.0 Å². The molecule has 2 amide bonds. The maximum Gasteiger partial charge on any atom is 0.293 e. The van der Waals surface area contributed by atoms with E-state index in [2.05, 4.69) is 31.7 Å². The molecular formula is C25H25ClN2O2S. The molecule has 4 rings (SSSR count). The SMILES string of the molecule is CC1=CC(C)(C)N(C)c2cc(Cl)c(/C=C3\SC(=O)N(Cc4ccc(C)cc4)C3=O)cc21. The molecule has 2 aromatic rings. The van der Waals surface area contributed by atoms with Gasteiger partial charge in [0.25, 0.3) is 11.1 Å². The third kappa shape index (κ3) is 4.04. The number of hydrogen-bond acceptors (Lipinski definition) is 4. The Bertz CT molecular complexity index is 1150. The fourth-order valence-corrected chi connectivity index (χ4v) is 4.99. The van der Waals surface area contributed by atoms with E-state index < -0.39 is 0 Å². The summed E-state index contributed by atoms with van der Waals surface area (Å²) in [6.45, 7) is 8.67. The van der Waals surface area contributed by atoms with E-state index in [0.29, 0.717) is 9.93 Å². The third-order valence-corrected chi connectivity index (χ3v) is 7.19. The summed E-state index contributed by atoms with van der Waals surface area (Å²) in [5.74, 6) is -0.283. The molecule has 4 nitrogen and oxygen atoms in total. The topological polar surface area (TPSA) is 40.6 Å². The van der Waals surface area contributed by atoms with Gasteiger partial charge in [-0.3, -0.25) is 14.5 Å². The average molecular weight is 453 g/mol. The van der Waals surface area contributed by atoms with Gasteiger partial charge in [0.15, 0.2) is 0 Å². The van der Waals surface area contributed by atoms with Gasteiger partial charge in [0, 0.05) is 23.3 Å². The molecule has 160 valence electrons. The van der Waals surface area contributed by atoms with E-state index in [-0.39, 0.29) is 23.2 Å². The summed E-state index contributed by atoms with van der Waals surface area (Å²) in [4.78, 5) is 29.3. The van der Waals surface area contributed by atoms with Crippen molar-refractivity contribution in [1.29, 1.82) is 0 Å². The van der Waals surface area contributed by atoms with E-state index in [0.717, 1.165) is 45.3 Å². The maximum absolute atomic E-state index is 12.9. The second kappa shape index (κ2) is 7.88. The number of amides is 2. The van der Waals surface area contributed by atoms with Gasteiger partial charge in [-0.1, -0.05) is 47.5 Å². The minimum absolute atomic E-state index is 0.111. The fraction of sp³-hybridized carbons (Fsp3) is 0.280. The van der Waals surface area contributed by atoms with Crippen molar-refractivity contribution in [1.82, 2.24) is 4.90 Å². The van der Waals surface area contributed by atoms with E-state index in [1.54, 1.807) is 6.08 Å². The normalized spacial score (nSPS) is 19.2. The van der Waals surface area contributed by atoms with Crippen LogP contribution in [0.2, 0.25) is 5.02 Å². The second-order valence-electron chi connectivity index (χ2n) is 8.68. The number of rotatable bonds is 3. The van der Waals surface area contributed by atoms with Crippen LogP contribution < -0.4 is 4.90 Å². The number of nitrogens with zero attached hydrogens (tertiary/aromatic N) is 2. The van der Waals surface area contributed by atoms with E-state index in [4.69, 9.17) is 11.6 Å². The fourth-order valence-electron chi connectivity index (χ4n) is 3.95. The van der Waals surface area contributed by atoms with Gasteiger partial charge in [-0.25, -0.2) is 0 Å². The van der Waals surface area contributed by atoms with Crippen LogP contribution in [0.3, 0.4) is 0 Å². The van der Waals surface area contributed by atoms with Gasteiger partial charge >= 0.3 is 0 Å². The van der Waals surface area contributed by atoms with Crippen molar-refractivity contribution in [3.8, 4) is 0 Å². The number of halogens is 1. The van der Waals surface area contributed by atoms with E-state index in [1.807, 2.05) is 50.4 Å². The molecule has 0 radical (unpaired) electrons. The van der Waals surface area contributed by atoms with Crippen LogP contribution in [0.5, 0.6) is 0 Å². The van der Waals surface area contributed by atoms with Crippen molar-refractivity contribution in [2.75, 3.05) is 11.9 Å². The first-order valence-corrected chi connectivity index (χ1v) is 11.3. The molecule has 0 saturated carbocycles. The molecule has 2 heterocycles. The maximum atomic E-state index is 12.9. The van der Waals surface area contributed by atoms with Crippen LogP contribution in [0.15, 0.2) is 47.4 Å². The van der Waals surface area contributed by atoms with Gasteiger partial charge in [-0.05, 0) is 74.4 Å². The van der Waals surface area contributed by atoms with Crippen molar-refractivity contribution in [2.45, 2.75) is 39.8 Å². The highest BCUT2D eigenvalue weighted by Gasteiger charge is 2.35. The number of benzene rings is 2. The molecule has 0 bridgehead atoms. The number of likely N-dealkylation sites (N-methyl/N-ethyl adjacent to an activating group) is 1.